The van der Waals surface area contributed by atoms with Crippen molar-refractivity contribution in [1.82, 2.24) is 10.6 Å². The molecule has 1 aromatic rings. The van der Waals surface area contributed by atoms with Gasteiger partial charge in [0.2, 0.25) is 5.91 Å². The number of aliphatic carboxylic acids is 1. The van der Waals surface area contributed by atoms with Gasteiger partial charge in [-0.2, -0.15) is 0 Å². The van der Waals surface area contributed by atoms with Crippen LogP contribution < -0.4 is 10.6 Å². The van der Waals surface area contributed by atoms with Crippen molar-refractivity contribution in [3.8, 4) is 0 Å². The maximum absolute atomic E-state index is 12.3. The number of carbonyl (C=O) groups excluding carboxylic acids is 1. The maximum atomic E-state index is 12.3. The van der Waals surface area contributed by atoms with Crippen LogP contribution in [0.5, 0.6) is 0 Å². The number of carboxylic acids is 1. The van der Waals surface area contributed by atoms with E-state index in [0.717, 1.165) is 31.5 Å². The van der Waals surface area contributed by atoms with Crippen LogP contribution in [-0.4, -0.2) is 30.1 Å². The Morgan fingerprint density at radius 2 is 1.90 bits per heavy atom. The Morgan fingerprint density at radius 3 is 2.52 bits per heavy atom. The summed E-state index contributed by atoms with van der Waals surface area (Å²) in [6.45, 7) is 1.73. The average molecular weight is 290 g/mol. The van der Waals surface area contributed by atoms with Gasteiger partial charge in [0.1, 0.15) is 0 Å². The van der Waals surface area contributed by atoms with E-state index in [2.05, 4.69) is 10.6 Å². The van der Waals surface area contributed by atoms with Crippen molar-refractivity contribution in [3.63, 3.8) is 0 Å². The van der Waals surface area contributed by atoms with Gasteiger partial charge in [-0.3, -0.25) is 9.59 Å². The smallest absolute Gasteiger partial charge is 0.303 e. The molecule has 1 aliphatic rings. The number of carbonyl (C=O) groups is 2. The minimum Gasteiger partial charge on any atom is -0.481 e. The van der Waals surface area contributed by atoms with E-state index in [1.165, 1.54) is 0 Å². The predicted molar refractivity (Wildman–Crippen MR) is 79.8 cm³/mol. The third-order valence-corrected chi connectivity index (χ3v) is 3.88. The number of hydrogen-bond acceptors (Lipinski definition) is 3. The highest BCUT2D eigenvalue weighted by atomic mass is 16.4. The SMILES string of the molecule is O=C(O)CCC(NC(=O)C1CCNCC1)c1ccccc1. The molecule has 1 saturated heterocycles. The summed E-state index contributed by atoms with van der Waals surface area (Å²) in [5.74, 6) is -0.773. The normalized spacial score (nSPS) is 17.1. The molecule has 114 valence electrons. The molecule has 3 N–H and O–H groups in total. The summed E-state index contributed by atoms with van der Waals surface area (Å²) >= 11 is 0. The van der Waals surface area contributed by atoms with E-state index in [4.69, 9.17) is 5.11 Å². The van der Waals surface area contributed by atoms with Gasteiger partial charge in [0, 0.05) is 12.3 Å². The highest BCUT2D eigenvalue weighted by Crippen LogP contribution is 2.20. The molecule has 5 nitrogen and oxygen atoms in total. The lowest BCUT2D eigenvalue weighted by molar-refractivity contribution is -0.137. The summed E-state index contributed by atoms with van der Waals surface area (Å²) in [6, 6.07) is 9.33. The zero-order chi connectivity index (χ0) is 15.1. The van der Waals surface area contributed by atoms with Crippen LogP contribution in [0.2, 0.25) is 0 Å². The molecule has 1 aliphatic heterocycles. The van der Waals surface area contributed by atoms with Gasteiger partial charge in [0.25, 0.3) is 0 Å². The highest BCUT2D eigenvalue weighted by Gasteiger charge is 2.24. The summed E-state index contributed by atoms with van der Waals surface area (Å²) in [4.78, 5) is 23.1. The lowest BCUT2D eigenvalue weighted by Gasteiger charge is -2.25. The number of rotatable bonds is 6. The van der Waals surface area contributed by atoms with Gasteiger partial charge >= 0.3 is 5.97 Å². The Balaban J connectivity index is 2.00. The summed E-state index contributed by atoms with van der Waals surface area (Å²) in [6.07, 6.45) is 2.14. The van der Waals surface area contributed by atoms with Crippen LogP contribution in [0.15, 0.2) is 30.3 Å². The summed E-state index contributed by atoms with van der Waals surface area (Å²) in [5, 5.41) is 15.1. The number of piperidine rings is 1. The second-order valence-electron chi connectivity index (χ2n) is 5.43. The summed E-state index contributed by atoms with van der Waals surface area (Å²) in [5.41, 5.74) is 0.959. The van der Waals surface area contributed by atoms with Crippen molar-refractivity contribution in [2.24, 2.45) is 5.92 Å². The van der Waals surface area contributed by atoms with E-state index in [1.807, 2.05) is 30.3 Å². The molecule has 0 aromatic heterocycles. The first-order chi connectivity index (χ1) is 10.2. The fourth-order valence-corrected chi connectivity index (χ4v) is 2.65. The molecule has 1 atom stereocenters. The van der Waals surface area contributed by atoms with Gasteiger partial charge in [-0.25, -0.2) is 0 Å². The molecule has 0 bridgehead atoms. The Morgan fingerprint density at radius 1 is 1.24 bits per heavy atom. The van der Waals surface area contributed by atoms with Crippen LogP contribution in [0, 0.1) is 5.92 Å². The molecular formula is C16H22N2O3. The molecule has 0 radical (unpaired) electrons. The molecule has 1 unspecified atom stereocenters. The lowest BCUT2D eigenvalue weighted by atomic mass is 9.95. The summed E-state index contributed by atoms with van der Waals surface area (Å²) in [7, 11) is 0. The molecule has 0 spiro atoms. The zero-order valence-corrected chi connectivity index (χ0v) is 12.0. The van der Waals surface area contributed by atoms with Gasteiger partial charge in [-0.1, -0.05) is 30.3 Å². The van der Waals surface area contributed by atoms with Crippen LogP contribution in [0.25, 0.3) is 0 Å². The molecule has 2 rings (SSSR count). The van der Waals surface area contributed by atoms with Crippen LogP contribution in [0.1, 0.15) is 37.3 Å². The number of amides is 1. The third-order valence-electron chi connectivity index (χ3n) is 3.88. The number of nitrogens with one attached hydrogen (secondary N) is 2. The van der Waals surface area contributed by atoms with E-state index in [9.17, 15) is 9.59 Å². The fraction of sp³-hybridized carbons (Fsp3) is 0.500. The van der Waals surface area contributed by atoms with Crippen LogP contribution in [-0.2, 0) is 9.59 Å². The van der Waals surface area contributed by atoms with Gasteiger partial charge < -0.3 is 15.7 Å². The minimum absolute atomic E-state index is 0.0299. The van der Waals surface area contributed by atoms with Crippen LogP contribution in [0.3, 0.4) is 0 Å². The number of benzene rings is 1. The minimum atomic E-state index is -0.841. The number of hydrogen-bond donors (Lipinski definition) is 3. The van der Waals surface area contributed by atoms with E-state index in [0.29, 0.717) is 6.42 Å². The molecule has 0 saturated carbocycles. The molecule has 0 aliphatic carbocycles. The van der Waals surface area contributed by atoms with Crippen molar-refractivity contribution in [2.75, 3.05) is 13.1 Å². The van der Waals surface area contributed by atoms with Crippen molar-refractivity contribution < 1.29 is 14.7 Å². The maximum Gasteiger partial charge on any atom is 0.303 e. The quantitative estimate of drug-likeness (QED) is 0.745. The molecule has 5 heteroatoms. The fourth-order valence-electron chi connectivity index (χ4n) is 2.65. The first-order valence-corrected chi connectivity index (χ1v) is 7.44. The molecule has 1 amide bonds. The average Bonchev–Trinajstić information content (AvgIpc) is 2.52. The second-order valence-corrected chi connectivity index (χ2v) is 5.43. The highest BCUT2D eigenvalue weighted by molar-refractivity contribution is 5.79. The van der Waals surface area contributed by atoms with E-state index >= 15 is 0 Å². The first-order valence-electron chi connectivity index (χ1n) is 7.44. The van der Waals surface area contributed by atoms with E-state index in [1.54, 1.807) is 0 Å². The Kier molecular flexibility index (Phi) is 5.75. The lowest BCUT2D eigenvalue weighted by Crippen LogP contribution is -2.39. The largest absolute Gasteiger partial charge is 0.481 e. The van der Waals surface area contributed by atoms with Crippen molar-refractivity contribution in [1.29, 1.82) is 0 Å². The molecule has 21 heavy (non-hydrogen) atoms. The Hall–Kier alpha value is -1.88. The second kappa shape index (κ2) is 7.78. The molecule has 1 aromatic carbocycles. The van der Waals surface area contributed by atoms with Crippen LogP contribution >= 0.6 is 0 Å². The van der Waals surface area contributed by atoms with Gasteiger partial charge in [-0.15, -0.1) is 0 Å². The Bertz CT molecular complexity index is 470. The monoisotopic (exact) mass is 290 g/mol. The van der Waals surface area contributed by atoms with Gasteiger partial charge in [-0.05, 0) is 37.9 Å². The van der Waals surface area contributed by atoms with Gasteiger partial charge in [0.05, 0.1) is 6.04 Å². The first kappa shape index (κ1) is 15.5. The van der Waals surface area contributed by atoms with Crippen molar-refractivity contribution >= 4 is 11.9 Å². The number of carboxylic acid groups (broad SMARTS) is 1. The van der Waals surface area contributed by atoms with Crippen molar-refractivity contribution in [2.45, 2.75) is 31.7 Å². The summed E-state index contributed by atoms with van der Waals surface area (Å²) < 4.78 is 0. The topological polar surface area (TPSA) is 78.4 Å². The molecular weight excluding hydrogens is 268 g/mol. The van der Waals surface area contributed by atoms with Crippen molar-refractivity contribution in [3.05, 3.63) is 35.9 Å². The zero-order valence-electron chi connectivity index (χ0n) is 12.0. The molecule has 1 heterocycles. The van der Waals surface area contributed by atoms with E-state index < -0.39 is 5.97 Å². The predicted octanol–water partition coefficient (Wildman–Crippen LogP) is 1.71. The molecule has 1 fully saturated rings. The van der Waals surface area contributed by atoms with E-state index in [-0.39, 0.29) is 24.3 Å². The Labute approximate surface area is 124 Å². The van der Waals surface area contributed by atoms with Crippen LogP contribution in [0.4, 0.5) is 0 Å². The standard InChI is InChI=1S/C16H22N2O3/c19-15(20)7-6-14(12-4-2-1-3-5-12)18-16(21)13-8-10-17-11-9-13/h1-5,13-14,17H,6-11H2,(H,18,21)(H,19,20). The van der Waals surface area contributed by atoms with Gasteiger partial charge in [0.15, 0.2) is 0 Å². The third kappa shape index (κ3) is 4.86.